The first-order chi connectivity index (χ1) is 17.4. The van der Waals surface area contributed by atoms with Crippen LogP contribution in [0.1, 0.15) is 57.2 Å². The molecule has 194 valence electrons. The molecule has 2 aliphatic rings. The number of hydrogen-bond donors (Lipinski definition) is 1. The summed E-state index contributed by atoms with van der Waals surface area (Å²) in [6, 6.07) is 15.9. The summed E-state index contributed by atoms with van der Waals surface area (Å²) in [6.07, 6.45) is 0.334. The Morgan fingerprint density at radius 3 is 2.51 bits per heavy atom. The number of rotatable bonds is 2. The van der Waals surface area contributed by atoms with Crippen LogP contribution in [0.5, 0.6) is 0 Å². The van der Waals surface area contributed by atoms with Crippen molar-refractivity contribution in [1.29, 1.82) is 5.26 Å². The van der Waals surface area contributed by atoms with Crippen molar-refractivity contribution >= 4 is 18.0 Å². The van der Waals surface area contributed by atoms with Crippen LogP contribution in [-0.2, 0) is 19.8 Å². The van der Waals surface area contributed by atoms with Crippen LogP contribution < -0.4 is 5.32 Å². The van der Waals surface area contributed by atoms with E-state index in [1.54, 1.807) is 27.8 Å². The van der Waals surface area contributed by atoms with Crippen LogP contribution in [0.4, 0.5) is 4.79 Å². The number of hydrogen-bond acceptors (Lipinski definition) is 6. The molecule has 1 fully saturated rings. The van der Waals surface area contributed by atoms with Gasteiger partial charge < -0.3 is 9.47 Å². The lowest BCUT2D eigenvalue weighted by Gasteiger charge is -2.52. The number of aliphatic imine (C=N–C) groups is 1. The Labute approximate surface area is 218 Å². The predicted molar refractivity (Wildman–Crippen MR) is 141 cm³/mol. The highest BCUT2D eigenvalue weighted by Crippen LogP contribution is 2.53. The first-order valence-electron chi connectivity index (χ1n) is 12.5. The van der Waals surface area contributed by atoms with Crippen LogP contribution in [0.15, 0.2) is 47.5 Å². The standard InChI is InChI=1S/C29H34N4O4/c1-19-14-20(18-30)16-22(15-19)21-8-7-9-23(17-21)28(5)29(10-12-36-13-11-29)24(34)33(6)25(32-28)31-26(35)37-27(2,3)4/h7-9,14-17H,10-13H2,1-6H3,(H,31,32,35). The van der Waals surface area contributed by atoms with Crippen molar-refractivity contribution in [2.45, 2.75) is 58.6 Å². The van der Waals surface area contributed by atoms with Gasteiger partial charge in [-0.05, 0) is 87.9 Å². The van der Waals surface area contributed by atoms with Gasteiger partial charge in [-0.1, -0.05) is 24.3 Å². The third-order valence-corrected chi connectivity index (χ3v) is 7.22. The number of carbonyl (C=O) groups excluding carboxylic acids is 2. The third kappa shape index (κ3) is 4.96. The van der Waals surface area contributed by atoms with Gasteiger partial charge in [0.15, 0.2) is 0 Å². The molecule has 1 unspecified atom stereocenters. The van der Waals surface area contributed by atoms with Crippen molar-refractivity contribution in [2.24, 2.45) is 10.4 Å². The average Bonchev–Trinajstić information content (AvgIpc) is 2.85. The maximum Gasteiger partial charge on any atom is 0.414 e. The summed E-state index contributed by atoms with van der Waals surface area (Å²) in [5, 5.41) is 12.2. The quantitative estimate of drug-likeness (QED) is 0.629. The average molecular weight is 503 g/mol. The molecule has 8 nitrogen and oxygen atoms in total. The Bertz CT molecular complexity index is 1300. The summed E-state index contributed by atoms with van der Waals surface area (Å²) in [7, 11) is 1.63. The largest absolute Gasteiger partial charge is 0.444 e. The number of nitrogens with one attached hydrogen (secondary N) is 1. The van der Waals surface area contributed by atoms with Crippen LogP contribution in [0.3, 0.4) is 0 Å². The number of aryl methyl sites for hydroxylation is 1. The highest BCUT2D eigenvalue weighted by atomic mass is 16.6. The fraction of sp³-hybridized carbons (Fsp3) is 0.448. The molecule has 4 rings (SSSR count). The number of carbonyl (C=O) groups is 2. The smallest absolute Gasteiger partial charge is 0.414 e. The van der Waals surface area contributed by atoms with E-state index >= 15 is 0 Å². The van der Waals surface area contributed by atoms with Crippen LogP contribution in [0.2, 0.25) is 0 Å². The zero-order chi connectivity index (χ0) is 27.0. The van der Waals surface area contributed by atoms with Crippen molar-refractivity contribution < 1.29 is 19.1 Å². The Kier molecular flexibility index (Phi) is 6.87. The Hall–Kier alpha value is -3.70. The van der Waals surface area contributed by atoms with Crippen LogP contribution in [0, 0.1) is 23.7 Å². The molecule has 0 bridgehead atoms. The molecule has 37 heavy (non-hydrogen) atoms. The van der Waals surface area contributed by atoms with Gasteiger partial charge in [0.1, 0.15) is 11.1 Å². The second-order valence-corrected chi connectivity index (χ2v) is 11.0. The van der Waals surface area contributed by atoms with Gasteiger partial charge in [0.25, 0.3) is 0 Å². The number of guanidine groups is 1. The molecule has 8 heteroatoms. The Balaban J connectivity index is 1.85. The molecule has 1 spiro atoms. The molecular weight excluding hydrogens is 468 g/mol. The van der Waals surface area contributed by atoms with Crippen molar-refractivity contribution in [3.05, 3.63) is 59.2 Å². The molecule has 2 aromatic rings. The Morgan fingerprint density at radius 2 is 1.86 bits per heavy atom. The van der Waals surface area contributed by atoms with Gasteiger partial charge in [-0.25, -0.2) is 9.79 Å². The zero-order valence-electron chi connectivity index (χ0n) is 22.3. The normalized spacial score (nSPS) is 21.3. The van der Waals surface area contributed by atoms with E-state index in [0.29, 0.717) is 31.6 Å². The second kappa shape index (κ2) is 9.64. The molecule has 1 saturated heterocycles. The molecule has 0 radical (unpaired) electrons. The van der Waals surface area contributed by atoms with E-state index in [-0.39, 0.29) is 11.9 Å². The predicted octanol–water partition coefficient (Wildman–Crippen LogP) is 4.90. The van der Waals surface area contributed by atoms with Crippen molar-refractivity contribution in [2.75, 3.05) is 20.3 Å². The van der Waals surface area contributed by atoms with E-state index in [2.05, 4.69) is 11.4 Å². The number of benzene rings is 2. The van der Waals surface area contributed by atoms with E-state index < -0.39 is 22.6 Å². The fourth-order valence-electron chi connectivity index (χ4n) is 5.30. The lowest BCUT2D eigenvalue weighted by molar-refractivity contribution is -0.151. The van der Waals surface area contributed by atoms with Gasteiger partial charge in [0.05, 0.1) is 17.0 Å². The molecule has 1 atom stereocenters. The molecule has 2 aliphatic heterocycles. The summed E-state index contributed by atoms with van der Waals surface area (Å²) >= 11 is 0. The minimum atomic E-state index is -0.984. The number of ether oxygens (including phenoxy) is 2. The van der Waals surface area contributed by atoms with Gasteiger partial charge in [-0.2, -0.15) is 5.26 Å². The van der Waals surface area contributed by atoms with E-state index in [9.17, 15) is 14.9 Å². The van der Waals surface area contributed by atoms with Gasteiger partial charge in [0, 0.05) is 20.3 Å². The molecule has 2 amide bonds. The third-order valence-electron chi connectivity index (χ3n) is 7.22. The minimum absolute atomic E-state index is 0.118. The minimum Gasteiger partial charge on any atom is -0.444 e. The molecule has 0 aromatic heterocycles. The summed E-state index contributed by atoms with van der Waals surface area (Å²) in [5.41, 5.74) is 1.73. The van der Waals surface area contributed by atoms with Crippen molar-refractivity contribution in [3.8, 4) is 17.2 Å². The topological polar surface area (TPSA) is 104 Å². The first kappa shape index (κ1) is 26.4. The zero-order valence-corrected chi connectivity index (χ0v) is 22.3. The maximum absolute atomic E-state index is 14.0. The fourth-order valence-corrected chi connectivity index (χ4v) is 5.30. The monoisotopic (exact) mass is 502 g/mol. The van der Waals surface area contributed by atoms with Crippen molar-refractivity contribution in [3.63, 3.8) is 0 Å². The summed E-state index contributed by atoms with van der Waals surface area (Å²) in [5.74, 6) is 0.0266. The number of nitrogens with zero attached hydrogens (tertiary/aromatic N) is 3. The lowest BCUT2D eigenvalue weighted by atomic mass is 9.61. The van der Waals surface area contributed by atoms with E-state index in [4.69, 9.17) is 14.5 Å². The molecule has 1 N–H and O–H groups in total. The molecule has 2 heterocycles. The van der Waals surface area contributed by atoms with Gasteiger partial charge in [-0.15, -0.1) is 0 Å². The Morgan fingerprint density at radius 1 is 1.16 bits per heavy atom. The molecule has 2 aromatic carbocycles. The van der Waals surface area contributed by atoms with Gasteiger partial charge >= 0.3 is 6.09 Å². The van der Waals surface area contributed by atoms with Crippen LogP contribution in [0.25, 0.3) is 11.1 Å². The second-order valence-electron chi connectivity index (χ2n) is 11.0. The van der Waals surface area contributed by atoms with Crippen molar-refractivity contribution in [1.82, 2.24) is 10.2 Å². The van der Waals surface area contributed by atoms with Crippen LogP contribution >= 0.6 is 0 Å². The van der Waals surface area contributed by atoms with E-state index in [0.717, 1.165) is 22.3 Å². The number of alkyl carbamates (subject to hydrolysis) is 1. The molecule has 0 saturated carbocycles. The highest BCUT2D eigenvalue weighted by molar-refractivity contribution is 6.07. The lowest BCUT2D eigenvalue weighted by Crippen LogP contribution is -2.63. The van der Waals surface area contributed by atoms with Gasteiger partial charge in [0.2, 0.25) is 11.9 Å². The first-order valence-corrected chi connectivity index (χ1v) is 12.5. The number of nitriles is 1. The summed E-state index contributed by atoms with van der Waals surface area (Å²) in [6.45, 7) is 10.1. The summed E-state index contributed by atoms with van der Waals surface area (Å²) in [4.78, 5) is 33.1. The maximum atomic E-state index is 14.0. The summed E-state index contributed by atoms with van der Waals surface area (Å²) < 4.78 is 11.1. The number of amides is 2. The van der Waals surface area contributed by atoms with E-state index in [1.807, 2.05) is 56.3 Å². The van der Waals surface area contributed by atoms with E-state index in [1.165, 1.54) is 4.90 Å². The van der Waals surface area contributed by atoms with Crippen LogP contribution in [-0.4, -0.2) is 48.7 Å². The molecular formula is C29H34N4O4. The highest BCUT2D eigenvalue weighted by Gasteiger charge is 2.59. The molecule has 0 aliphatic carbocycles. The SMILES string of the molecule is Cc1cc(C#N)cc(-c2cccc(C3(C)N=C(NC(=O)OC(C)(C)C)N(C)C(=O)C34CCOCC4)c2)c1. The van der Waals surface area contributed by atoms with Gasteiger partial charge in [-0.3, -0.25) is 15.0 Å².